The number of nitrogens with one attached hydrogen (secondary N) is 1. The Morgan fingerprint density at radius 2 is 2.06 bits per heavy atom. The van der Waals surface area contributed by atoms with Gasteiger partial charge in [-0.3, -0.25) is 0 Å². The zero-order valence-corrected chi connectivity index (χ0v) is 11.0. The Labute approximate surface area is 107 Å². The minimum atomic E-state index is -0.184. The third-order valence-electron chi connectivity index (χ3n) is 3.23. The van der Waals surface area contributed by atoms with Gasteiger partial charge in [0.2, 0.25) is 0 Å². The van der Waals surface area contributed by atoms with Crippen LogP contribution in [0.4, 0.5) is 4.39 Å². The molecule has 3 heteroatoms. The molecule has 1 heterocycles. The fourth-order valence-corrected chi connectivity index (χ4v) is 2.14. The molecule has 1 N–H and O–H groups in total. The average molecular weight is 247 g/mol. The van der Waals surface area contributed by atoms with Crippen molar-refractivity contribution in [2.75, 3.05) is 7.05 Å². The second-order valence-corrected chi connectivity index (χ2v) is 4.61. The van der Waals surface area contributed by atoms with Gasteiger partial charge in [0.25, 0.3) is 0 Å². The van der Waals surface area contributed by atoms with Crippen molar-refractivity contribution in [2.45, 2.75) is 26.3 Å². The molecular weight excluding hydrogens is 229 g/mol. The van der Waals surface area contributed by atoms with Crippen LogP contribution in [0.1, 0.15) is 28.5 Å². The summed E-state index contributed by atoms with van der Waals surface area (Å²) in [6.07, 6.45) is 2.59. The highest BCUT2D eigenvalue weighted by Crippen LogP contribution is 2.22. The second kappa shape index (κ2) is 5.36. The average Bonchev–Trinajstić information content (AvgIpc) is 2.75. The molecule has 0 fully saturated rings. The Bertz CT molecular complexity index is 533. The Morgan fingerprint density at radius 1 is 1.28 bits per heavy atom. The van der Waals surface area contributed by atoms with Crippen molar-refractivity contribution < 1.29 is 8.81 Å². The molecule has 0 radical (unpaired) electrons. The van der Waals surface area contributed by atoms with Gasteiger partial charge in [-0.25, -0.2) is 4.39 Å². The van der Waals surface area contributed by atoms with Gasteiger partial charge in [0.1, 0.15) is 11.6 Å². The van der Waals surface area contributed by atoms with Crippen molar-refractivity contribution in [1.82, 2.24) is 5.32 Å². The van der Waals surface area contributed by atoms with Crippen LogP contribution in [0.2, 0.25) is 0 Å². The minimum absolute atomic E-state index is 0.184. The van der Waals surface area contributed by atoms with E-state index in [-0.39, 0.29) is 11.9 Å². The monoisotopic (exact) mass is 247 g/mol. The zero-order valence-electron chi connectivity index (χ0n) is 11.0. The van der Waals surface area contributed by atoms with Crippen LogP contribution >= 0.6 is 0 Å². The fraction of sp³-hybridized carbons (Fsp3) is 0.333. The predicted molar refractivity (Wildman–Crippen MR) is 70.1 cm³/mol. The van der Waals surface area contributed by atoms with Crippen LogP contribution in [-0.2, 0) is 6.42 Å². The number of furan rings is 1. The van der Waals surface area contributed by atoms with Gasteiger partial charge < -0.3 is 9.73 Å². The second-order valence-electron chi connectivity index (χ2n) is 4.61. The molecule has 0 amide bonds. The first-order valence-corrected chi connectivity index (χ1v) is 6.07. The van der Waals surface area contributed by atoms with Crippen LogP contribution in [0.5, 0.6) is 0 Å². The molecule has 1 aromatic carbocycles. The van der Waals surface area contributed by atoms with Crippen molar-refractivity contribution >= 4 is 0 Å². The highest BCUT2D eigenvalue weighted by molar-refractivity contribution is 5.29. The third-order valence-corrected chi connectivity index (χ3v) is 3.23. The van der Waals surface area contributed by atoms with E-state index in [1.165, 1.54) is 6.07 Å². The summed E-state index contributed by atoms with van der Waals surface area (Å²) in [6.45, 7) is 3.87. The van der Waals surface area contributed by atoms with Crippen molar-refractivity contribution in [2.24, 2.45) is 0 Å². The van der Waals surface area contributed by atoms with Gasteiger partial charge in [-0.05, 0) is 56.6 Å². The zero-order chi connectivity index (χ0) is 13.1. The Balaban J connectivity index is 2.20. The summed E-state index contributed by atoms with van der Waals surface area (Å²) < 4.78 is 18.4. The van der Waals surface area contributed by atoms with Crippen LogP contribution in [-0.4, -0.2) is 7.05 Å². The van der Waals surface area contributed by atoms with Crippen LogP contribution < -0.4 is 5.32 Å². The van der Waals surface area contributed by atoms with Crippen molar-refractivity contribution in [3.05, 3.63) is 58.8 Å². The van der Waals surface area contributed by atoms with Crippen LogP contribution in [0, 0.1) is 19.7 Å². The van der Waals surface area contributed by atoms with Crippen molar-refractivity contribution in [3.63, 3.8) is 0 Å². The van der Waals surface area contributed by atoms with Crippen molar-refractivity contribution in [3.8, 4) is 0 Å². The Hall–Kier alpha value is -1.61. The van der Waals surface area contributed by atoms with Gasteiger partial charge in [-0.15, -0.1) is 0 Å². The summed E-state index contributed by atoms with van der Waals surface area (Å²) >= 11 is 0. The number of halogens is 1. The summed E-state index contributed by atoms with van der Waals surface area (Å²) in [7, 11) is 1.92. The number of aryl methyl sites for hydroxylation is 2. The molecular formula is C15H18FNO. The molecule has 18 heavy (non-hydrogen) atoms. The standard InChI is InChI=1S/C15H18FNO/c1-10-6-14(16)5-4-12(10)8-15(17-3)13-7-11(2)18-9-13/h4-7,9,15,17H,8H2,1-3H3. The lowest BCUT2D eigenvalue weighted by Gasteiger charge is -2.16. The molecule has 0 aliphatic heterocycles. The molecule has 1 unspecified atom stereocenters. The molecule has 0 saturated heterocycles. The predicted octanol–water partition coefficient (Wildman–Crippen LogP) is 3.54. The fourth-order valence-electron chi connectivity index (χ4n) is 2.14. The maximum Gasteiger partial charge on any atom is 0.123 e. The number of rotatable bonds is 4. The van der Waals surface area contributed by atoms with E-state index in [4.69, 9.17) is 4.42 Å². The normalized spacial score (nSPS) is 12.7. The summed E-state index contributed by atoms with van der Waals surface area (Å²) in [5.41, 5.74) is 3.25. The first kappa shape index (κ1) is 12.8. The summed E-state index contributed by atoms with van der Waals surface area (Å²) in [5, 5.41) is 3.27. The molecule has 0 aliphatic rings. The van der Waals surface area contributed by atoms with Crippen LogP contribution in [0.25, 0.3) is 0 Å². The largest absolute Gasteiger partial charge is 0.469 e. The van der Waals surface area contributed by atoms with E-state index >= 15 is 0 Å². The molecule has 96 valence electrons. The van der Waals surface area contributed by atoms with E-state index in [0.29, 0.717) is 0 Å². The first-order chi connectivity index (χ1) is 8.60. The molecule has 2 aromatic rings. The van der Waals surface area contributed by atoms with Gasteiger partial charge in [-0.2, -0.15) is 0 Å². The van der Waals surface area contributed by atoms with Crippen molar-refractivity contribution in [1.29, 1.82) is 0 Å². The topological polar surface area (TPSA) is 25.2 Å². The van der Waals surface area contributed by atoms with Gasteiger partial charge in [0.05, 0.1) is 6.26 Å². The van der Waals surface area contributed by atoms with Crippen LogP contribution in [0.15, 0.2) is 34.9 Å². The molecule has 0 saturated carbocycles. The molecule has 0 aliphatic carbocycles. The SMILES string of the molecule is CNC(Cc1ccc(F)cc1C)c1coc(C)c1. The number of hydrogen-bond donors (Lipinski definition) is 1. The lowest BCUT2D eigenvalue weighted by atomic mass is 9.97. The minimum Gasteiger partial charge on any atom is -0.469 e. The molecule has 2 nitrogen and oxygen atoms in total. The van der Waals surface area contributed by atoms with E-state index in [1.54, 1.807) is 12.3 Å². The van der Waals surface area contributed by atoms with E-state index in [9.17, 15) is 4.39 Å². The van der Waals surface area contributed by atoms with Gasteiger partial charge in [-0.1, -0.05) is 6.07 Å². The van der Waals surface area contributed by atoms with Gasteiger partial charge >= 0.3 is 0 Å². The van der Waals surface area contributed by atoms with E-state index in [1.807, 2.05) is 33.0 Å². The van der Waals surface area contributed by atoms with E-state index in [0.717, 1.165) is 28.9 Å². The maximum absolute atomic E-state index is 13.1. The smallest absolute Gasteiger partial charge is 0.123 e. The summed E-state index contributed by atoms with van der Waals surface area (Å²) in [6, 6.07) is 7.15. The number of benzene rings is 1. The highest BCUT2D eigenvalue weighted by Gasteiger charge is 2.13. The lowest BCUT2D eigenvalue weighted by Crippen LogP contribution is -2.18. The van der Waals surface area contributed by atoms with E-state index < -0.39 is 0 Å². The van der Waals surface area contributed by atoms with Gasteiger partial charge in [0.15, 0.2) is 0 Å². The maximum atomic E-state index is 13.1. The van der Waals surface area contributed by atoms with E-state index in [2.05, 4.69) is 5.32 Å². The summed E-state index contributed by atoms with van der Waals surface area (Å²) in [5.74, 6) is 0.720. The summed E-state index contributed by atoms with van der Waals surface area (Å²) in [4.78, 5) is 0. The first-order valence-electron chi connectivity index (χ1n) is 6.07. The van der Waals surface area contributed by atoms with Gasteiger partial charge in [0, 0.05) is 11.6 Å². The Morgan fingerprint density at radius 3 is 2.61 bits per heavy atom. The number of hydrogen-bond acceptors (Lipinski definition) is 2. The lowest BCUT2D eigenvalue weighted by molar-refractivity contribution is 0.520. The molecule has 1 atom stereocenters. The Kier molecular flexibility index (Phi) is 3.82. The molecule has 1 aromatic heterocycles. The molecule has 0 spiro atoms. The molecule has 0 bridgehead atoms. The highest BCUT2D eigenvalue weighted by atomic mass is 19.1. The third kappa shape index (κ3) is 2.79. The number of likely N-dealkylation sites (N-methyl/N-ethyl adjacent to an activating group) is 1. The molecule has 2 rings (SSSR count). The van der Waals surface area contributed by atoms with Crippen LogP contribution in [0.3, 0.4) is 0 Å². The quantitative estimate of drug-likeness (QED) is 0.894.